The van der Waals surface area contributed by atoms with E-state index in [-0.39, 0.29) is 11.9 Å². The zero-order chi connectivity index (χ0) is 11.1. The van der Waals surface area contributed by atoms with Crippen LogP contribution in [0.5, 0.6) is 0 Å². The van der Waals surface area contributed by atoms with Crippen molar-refractivity contribution in [2.24, 2.45) is 0 Å². The first-order valence-corrected chi connectivity index (χ1v) is 5.26. The maximum Gasteiger partial charge on any atom is 0.244 e. The number of hydrogen-bond donors (Lipinski definition) is 1. The van der Waals surface area contributed by atoms with Crippen molar-refractivity contribution in [2.75, 3.05) is 0 Å². The van der Waals surface area contributed by atoms with Gasteiger partial charge in [-0.2, -0.15) is 0 Å². The standard InChI is InChI=1S/C13H17NO/c1-3-11(2)14-13(15)10-9-12-7-5-4-6-8-12/h4-11H,3H2,1-2H3,(H,14,15)/b10-9-/t11-/m1/s1. The largest absolute Gasteiger partial charge is 0.350 e. The van der Waals surface area contributed by atoms with Crippen molar-refractivity contribution in [3.05, 3.63) is 42.0 Å². The Morgan fingerprint density at radius 1 is 1.40 bits per heavy atom. The summed E-state index contributed by atoms with van der Waals surface area (Å²) in [4.78, 5) is 11.4. The number of rotatable bonds is 4. The van der Waals surface area contributed by atoms with Gasteiger partial charge in [-0.1, -0.05) is 37.3 Å². The number of benzene rings is 1. The minimum atomic E-state index is -0.0341. The molecule has 1 atom stereocenters. The number of nitrogens with one attached hydrogen (secondary N) is 1. The molecule has 0 radical (unpaired) electrons. The summed E-state index contributed by atoms with van der Waals surface area (Å²) in [5.41, 5.74) is 1.04. The second kappa shape index (κ2) is 6.02. The normalized spacial score (nSPS) is 12.7. The van der Waals surface area contributed by atoms with E-state index in [1.165, 1.54) is 0 Å². The van der Waals surface area contributed by atoms with Gasteiger partial charge in [0.25, 0.3) is 0 Å². The van der Waals surface area contributed by atoms with Crippen LogP contribution in [0.25, 0.3) is 6.08 Å². The fraction of sp³-hybridized carbons (Fsp3) is 0.308. The molecule has 2 heteroatoms. The Hall–Kier alpha value is -1.57. The van der Waals surface area contributed by atoms with Crippen molar-refractivity contribution in [3.63, 3.8) is 0 Å². The molecule has 80 valence electrons. The lowest BCUT2D eigenvalue weighted by molar-refractivity contribution is -0.117. The maximum atomic E-state index is 11.4. The SMILES string of the molecule is CC[C@@H](C)NC(=O)/C=C\c1ccccc1. The van der Waals surface area contributed by atoms with Gasteiger partial charge in [-0.05, 0) is 25.0 Å². The molecule has 1 amide bonds. The summed E-state index contributed by atoms with van der Waals surface area (Å²) >= 11 is 0. The third kappa shape index (κ3) is 4.45. The lowest BCUT2D eigenvalue weighted by atomic mass is 10.2. The van der Waals surface area contributed by atoms with Gasteiger partial charge in [0.05, 0.1) is 0 Å². The molecule has 1 N–H and O–H groups in total. The predicted octanol–water partition coefficient (Wildman–Crippen LogP) is 2.61. The van der Waals surface area contributed by atoms with Crippen molar-refractivity contribution >= 4 is 12.0 Å². The third-order valence-corrected chi connectivity index (χ3v) is 2.23. The van der Waals surface area contributed by atoms with Crippen LogP contribution in [0.2, 0.25) is 0 Å². The average Bonchev–Trinajstić information content (AvgIpc) is 2.27. The second-order valence-corrected chi connectivity index (χ2v) is 3.56. The maximum absolute atomic E-state index is 11.4. The number of hydrogen-bond acceptors (Lipinski definition) is 1. The highest BCUT2D eigenvalue weighted by molar-refractivity contribution is 5.91. The van der Waals surface area contributed by atoms with Gasteiger partial charge in [-0.3, -0.25) is 4.79 Å². The molecule has 0 saturated heterocycles. The molecule has 0 aliphatic rings. The molecular formula is C13H17NO. The Balaban J connectivity index is 2.48. The molecule has 0 heterocycles. The van der Waals surface area contributed by atoms with Crippen LogP contribution in [0.4, 0.5) is 0 Å². The quantitative estimate of drug-likeness (QED) is 0.749. The van der Waals surface area contributed by atoms with Crippen molar-refractivity contribution in [1.82, 2.24) is 5.32 Å². The highest BCUT2D eigenvalue weighted by Gasteiger charge is 2.00. The Labute approximate surface area is 91.0 Å². The first-order valence-electron chi connectivity index (χ1n) is 5.26. The van der Waals surface area contributed by atoms with Gasteiger partial charge in [-0.15, -0.1) is 0 Å². The fourth-order valence-corrected chi connectivity index (χ4v) is 1.13. The summed E-state index contributed by atoms with van der Waals surface area (Å²) in [6.07, 6.45) is 4.34. The van der Waals surface area contributed by atoms with Crippen LogP contribution in [0, 0.1) is 0 Å². The molecule has 2 nitrogen and oxygen atoms in total. The van der Waals surface area contributed by atoms with Crippen molar-refractivity contribution in [1.29, 1.82) is 0 Å². The highest BCUT2D eigenvalue weighted by atomic mass is 16.1. The minimum absolute atomic E-state index is 0.0341. The highest BCUT2D eigenvalue weighted by Crippen LogP contribution is 2.00. The Bertz CT molecular complexity index is 330. The first kappa shape index (κ1) is 11.5. The monoisotopic (exact) mass is 203 g/mol. The van der Waals surface area contributed by atoms with E-state index in [9.17, 15) is 4.79 Å². The Morgan fingerprint density at radius 2 is 2.07 bits per heavy atom. The summed E-state index contributed by atoms with van der Waals surface area (Å²) in [5.74, 6) is -0.0341. The van der Waals surface area contributed by atoms with Crippen LogP contribution in [-0.4, -0.2) is 11.9 Å². The van der Waals surface area contributed by atoms with Crippen LogP contribution >= 0.6 is 0 Å². The van der Waals surface area contributed by atoms with Gasteiger partial charge in [0.15, 0.2) is 0 Å². The summed E-state index contributed by atoms with van der Waals surface area (Å²) in [6, 6.07) is 10.0. The lowest BCUT2D eigenvalue weighted by Gasteiger charge is -2.08. The lowest BCUT2D eigenvalue weighted by Crippen LogP contribution is -2.30. The van der Waals surface area contributed by atoms with Crippen LogP contribution in [0.3, 0.4) is 0 Å². The topological polar surface area (TPSA) is 29.1 Å². The van der Waals surface area contributed by atoms with E-state index in [0.717, 1.165) is 12.0 Å². The van der Waals surface area contributed by atoms with Crippen molar-refractivity contribution < 1.29 is 4.79 Å². The van der Waals surface area contributed by atoms with Crippen molar-refractivity contribution in [2.45, 2.75) is 26.3 Å². The third-order valence-electron chi connectivity index (χ3n) is 2.23. The number of carbonyl (C=O) groups is 1. The van der Waals surface area contributed by atoms with Crippen molar-refractivity contribution in [3.8, 4) is 0 Å². The molecule has 0 aliphatic heterocycles. The van der Waals surface area contributed by atoms with Gasteiger partial charge < -0.3 is 5.32 Å². The molecule has 0 saturated carbocycles. The Morgan fingerprint density at radius 3 is 2.67 bits per heavy atom. The molecule has 0 fully saturated rings. The minimum Gasteiger partial charge on any atom is -0.350 e. The summed E-state index contributed by atoms with van der Waals surface area (Å²) in [5, 5.41) is 2.87. The van der Waals surface area contributed by atoms with E-state index in [4.69, 9.17) is 0 Å². The number of amides is 1. The van der Waals surface area contributed by atoms with E-state index in [1.807, 2.05) is 50.3 Å². The summed E-state index contributed by atoms with van der Waals surface area (Å²) in [6.45, 7) is 4.04. The van der Waals surface area contributed by atoms with E-state index in [2.05, 4.69) is 5.32 Å². The molecule has 0 aliphatic carbocycles. The molecule has 0 aromatic heterocycles. The molecule has 15 heavy (non-hydrogen) atoms. The zero-order valence-corrected chi connectivity index (χ0v) is 9.23. The van der Waals surface area contributed by atoms with Gasteiger partial charge >= 0.3 is 0 Å². The molecule has 0 bridgehead atoms. The first-order chi connectivity index (χ1) is 7.22. The van der Waals surface area contributed by atoms with E-state index in [0.29, 0.717) is 0 Å². The van der Waals surface area contributed by atoms with Crippen LogP contribution in [0.15, 0.2) is 36.4 Å². The van der Waals surface area contributed by atoms with Crippen LogP contribution in [0.1, 0.15) is 25.8 Å². The molecular weight excluding hydrogens is 186 g/mol. The molecule has 1 rings (SSSR count). The fourth-order valence-electron chi connectivity index (χ4n) is 1.13. The molecule has 1 aromatic carbocycles. The summed E-state index contributed by atoms with van der Waals surface area (Å²) < 4.78 is 0. The molecule has 0 spiro atoms. The molecule has 0 unspecified atom stereocenters. The number of carbonyl (C=O) groups excluding carboxylic acids is 1. The van der Waals surface area contributed by atoms with Gasteiger partial charge in [0, 0.05) is 12.1 Å². The molecule has 1 aromatic rings. The van der Waals surface area contributed by atoms with Crippen LogP contribution < -0.4 is 5.32 Å². The second-order valence-electron chi connectivity index (χ2n) is 3.56. The smallest absolute Gasteiger partial charge is 0.244 e. The van der Waals surface area contributed by atoms with E-state index in [1.54, 1.807) is 6.08 Å². The van der Waals surface area contributed by atoms with Gasteiger partial charge in [-0.25, -0.2) is 0 Å². The Kier molecular flexibility index (Phi) is 4.61. The summed E-state index contributed by atoms with van der Waals surface area (Å²) in [7, 11) is 0. The average molecular weight is 203 g/mol. The van der Waals surface area contributed by atoms with Gasteiger partial charge in [0.2, 0.25) is 5.91 Å². The van der Waals surface area contributed by atoms with E-state index < -0.39 is 0 Å². The zero-order valence-electron chi connectivity index (χ0n) is 9.23. The van der Waals surface area contributed by atoms with E-state index >= 15 is 0 Å². The van der Waals surface area contributed by atoms with Crippen LogP contribution in [-0.2, 0) is 4.79 Å². The van der Waals surface area contributed by atoms with Gasteiger partial charge in [0.1, 0.15) is 0 Å². The predicted molar refractivity (Wildman–Crippen MR) is 63.4 cm³/mol.